The maximum absolute atomic E-state index is 13.7. The number of nitrogens with two attached hydrogens (primary N) is 1. The number of rotatable bonds is 2. The Morgan fingerprint density at radius 1 is 1.25 bits per heavy atom. The standard InChI is InChI=1S/C13H14FNS/c1-8-3-4-11(14)10(7-8)12(15)13-9(2)5-6-16-13/h3-7,12H,15H2,1-2H3. The minimum absolute atomic E-state index is 0.231. The molecule has 1 heterocycles. The van der Waals surface area contributed by atoms with Gasteiger partial charge in [-0.15, -0.1) is 11.3 Å². The van der Waals surface area contributed by atoms with E-state index in [0.717, 1.165) is 16.0 Å². The van der Waals surface area contributed by atoms with Crippen LogP contribution in [0.25, 0.3) is 0 Å². The van der Waals surface area contributed by atoms with E-state index in [9.17, 15) is 4.39 Å². The highest BCUT2D eigenvalue weighted by atomic mass is 32.1. The molecule has 0 amide bonds. The molecule has 16 heavy (non-hydrogen) atoms. The number of thiophene rings is 1. The van der Waals surface area contributed by atoms with Crippen molar-refractivity contribution in [2.24, 2.45) is 5.73 Å². The molecule has 1 aromatic carbocycles. The third kappa shape index (κ3) is 2.01. The van der Waals surface area contributed by atoms with Gasteiger partial charge in [-0.05, 0) is 36.9 Å². The lowest BCUT2D eigenvalue weighted by atomic mass is 10.0. The molecule has 2 rings (SSSR count). The van der Waals surface area contributed by atoms with Crippen molar-refractivity contribution >= 4 is 11.3 Å². The van der Waals surface area contributed by atoms with Crippen LogP contribution in [0.1, 0.15) is 27.6 Å². The first kappa shape index (κ1) is 11.3. The summed E-state index contributed by atoms with van der Waals surface area (Å²) in [4.78, 5) is 1.03. The molecule has 0 saturated heterocycles. The van der Waals surface area contributed by atoms with Crippen molar-refractivity contribution in [3.8, 4) is 0 Å². The summed E-state index contributed by atoms with van der Waals surface area (Å²) in [5, 5.41) is 1.98. The van der Waals surface area contributed by atoms with Gasteiger partial charge < -0.3 is 5.73 Å². The molecule has 2 aromatic rings. The van der Waals surface area contributed by atoms with Crippen molar-refractivity contribution in [2.75, 3.05) is 0 Å². The van der Waals surface area contributed by atoms with Gasteiger partial charge >= 0.3 is 0 Å². The molecular formula is C13H14FNS. The highest BCUT2D eigenvalue weighted by Gasteiger charge is 2.16. The van der Waals surface area contributed by atoms with Crippen molar-refractivity contribution < 1.29 is 4.39 Å². The Morgan fingerprint density at radius 3 is 2.62 bits per heavy atom. The topological polar surface area (TPSA) is 26.0 Å². The van der Waals surface area contributed by atoms with Gasteiger partial charge in [0.05, 0.1) is 6.04 Å². The molecule has 0 bridgehead atoms. The first-order valence-electron chi connectivity index (χ1n) is 5.15. The first-order valence-corrected chi connectivity index (χ1v) is 6.03. The van der Waals surface area contributed by atoms with Crippen LogP contribution in [0.3, 0.4) is 0 Å². The summed E-state index contributed by atoms with van der Waals surface area (Å²) < 4.78 is 13.7. The first-order chi connectivity index (χ1) is 7.59. The summed E-state index contributed by atoms with van der Waals surface area (Å²) in [5.74, 6) is -0.231. The highest BCUT2D eigenvalue weighted by molar-refractivity contribution is 7.10. The highest BCUT2D eigenvalue weighted by Crippen LogP contribution is 2.29. The van der Waals surface area contributed by atoms with Gasteiger partial charge in [-0.3, -0.25) is 0 Å². The maximum atomic E-state index is 13.7. The predicted molar refractivity (Wildman–Crippen MR) is 66.2 cm³/mol. The zero-order valence-corrected chi connectivity index (χ0v) is 10.1. The maximum Gasteiger partial charge on any atom is 0.128 e. The second kappa shape index (κ2) is 4.36. The van der Waals surface area contributed by atoms with Gasteiger partial charge in [-0.25, -0.2) is 4.39 Å². The fraction of sp³-hybridized carbons (Fsp3) is 0.231. The SMILES string of the molecule is Cc1ccc(F)c(C(N)c2sccc2C)c1. The minimum atomic E-state index is -0.361. The number of benzene rings is 1. The van der Waals surface area contributed by atoms with E-state index in [1.807, 2.05) is 31.4 Å². The van der Waals surface area contributed by atoms with E-state index >= 15 is 0 Å². The van der Waals surface area contributed by atoms with Crippen LogP contribution in [0, 0.1) is 19.7 Å². The number of halogens is 1. The van der Waals surface area contributed by atoms with E-state index in [2.05, 4.69) is 0 Å². The predicted octanol–water partition coefficient (Wildman–Crippen LogP) is 3.55. The Bertz CT molecular complexity index is 504. The average Bonchev–Trinajstić information content (AvgIpc) is 2.67. The summed E-state index contributed by atoms with van der Waals surface area (Å²) in [5.41, 5.74) is 8.83. The van der Waals surface area contributed by atoms with Crippen molar-refractivity contribution in [1.82, 2.24) is 0 Å². The van der Waals surface area contributed by atoms with Crippen LogP contribution in [0.4, 0.5) is 4.39 Å². The Balaban J connectivity index is 2.45. The van der Waals surface area contributed by atoms with Crippen LogP contribution in [-0.2, 0) is 0 Å². The minimum Gasteiger partial charge on any atom is -0.320 e. The van der Waals surface area contributed by atoms with Crippen molar-refractivity contribution in [2.45, 2.75) is 19.9 Å². The van der Waals surface area contributed by atoms with Crippen molar-refractivity contribution in [1.29, 1.82) is 0 Å². The lowest BCUT2D eigenvalue weighted by molar-refractivity contribution is 0.600. The number of aryl methyl sites for hydroxylation is 2. The van der Waals surface area contributed by atoms with Crippen LogP contribution in [-0.4, -0.2) is 0 Å². The molecule has 84 valence electrons. The van der Waals surface area contributed by atoms with Crippen LogP contribution in [0.5, 0.6) is 0 Å². The molecular weight excluding hydrogens is 221 g/mol. The van der Waals surface area contributed by atoms with Gasteiger partial charge in [0.25, 0.3) is 0 Å². The summed E-state index contributed by atoms with van der Waals surface area (Å²) >= 11 is 1.58. The third-order valence-corrected chi connectivity index (χ3v) is 3.77. The van der Waals surface area contributed by atoms with Crippen molar-refractivity contribution in [3.05, 3.63) is 57.0 Å². The molecule has 0 spiro atoms. The molecule has 0 aliphatic carbocycles. The van der Waals surface area contributed by atoms with Gasteiger partial charge in [0, 0.05) is 10.4 Å². The Kier molecular flexibility index (Phi) is 3.08. The zero-order chi connectivity index (χ0) is 11.7. The van der Waals surface area contributed by atoms with Gasteiger partial charge in [0.1, 0.15) is 5.82 Å². The third-order valence-electron chi connectivity index (χ3n) is 2.67. The smallest absolute Gasteiger partial charge is 0.128 e. The summed E-state index contributed by atoms with van der Waals surface area (Å²) in [6.45, 7) is 3.94. The molecule has 0 radical (unpaired) electrons. The summed E-state index contributed by atoms with van der Waals surface area (Å²) in [6.07, 6.45) is 0. The quantitative estimate of drug-likeness (QED) is 0.846. The Morgan fingerprint density at radius 2 is 2.00 bits per heavy atom. The lowest BCUT2D eigenvalue weighted by Crippen LogP contribution is -2.13. The van der Waals surface area contributed by atoms with Crippen molar-refractivity contribution in [3.63, 3.8) is 0 Å². The largest absolute Gasteiger partial charge is 0.320 e. The lowest BCUT2D eigenvalue weighted by Gasteiger charge is -2.13. The van der Waals surface area contributed by atoms with E-state index in [0.29, 0.717) is 5.56 Å². The summed E-state index contributed by atoms with van der Waals surface area (Å²) in [6, 6.07) is 6.70. The monoisotopic (exact) mass is 235 g/mol. The van der Waals surface area contributed by atoms with E-state index in [4.69, 9.17) is 5.73 Å². The Hall–Kier alpha value is -1.19. The van der Waals surface area contributed by atoms with Gasteiger partial charge in [-0.2, -0.15) is 0 Å². The van der Waals surface area contributed by atoms with E-state index in [1.54, 1.807) is 17.4 Å². The average molecular weight is 235 g/mol. The molecule has 0 fully saturated rings. The molecule has 3 heteroatoms. The molecule has 2 N–H and O–H groups in total. The van der Waals surface area contributed by atoms with Gasteiger partial charge in [0.15, 0.2) is 0 Å². The molecule has 0 saturated carbocycles. The molecule has 1 atom stereocenters. The van der Waals surface area contributed by atoms with Gasteiger partial charge in [-0.1, -0.05) is 17.7 Å². The van der Waals surface area contributed by atoms with Gasteiger partial charge in [0.2, 0.25) is 0 Å². The van der Waals surface area contributed by atoms with E-state index < -0.39 is 0 Å². The van der Waals surface area contributed by atoms with E-state index in [-0.39, 0.29) is 11.9 Å². The number of hydrogen-bond donors (Lipinski definition) is 1. The molecule has 1 unspecified atom stereocenters. The normalized spacial score (nSPS) is 12.8. The summed E-state index contributed by atoms with van der Waals surface area (Å²) in [7, 11) is 0. The fourth-order valence-electron chi connectivity index (χ4n) is 1.75. The zero-order valence-electron chi connectivity index (χ0n) is 9.33. The van der Waals surface area contributed by atoms with Crippen LogP contribution in [0.15, 0.2) is 29.6 Å². The fourth-order valence-corrected chi connectivity index (χ4v) is 2.69. The molecule has 1 nitrogen and oxygen atoms in total. The van der Waals surface area contributed by atoms with Crippen LogP contribution in [0.2, 0.25) is 0 Å². The molecule has 1 aromatic heterocycles. The van der Waals surface area contributed by atoms with Crippen LogP contribution < -0.4 is 5.73 Å². The second-order valence-electron chi connectivity index (χ2n) is 3.97. The Labute approximate surface area is 98.7 Å². The molecule has 0 aliphatic rings. The number of hydrogen-bond acceptors (Lipinski definition) is 2. The second-order valence-corrected chi connectivity index (χ2v) is 4.92. The van der Waals surface area contributed by atoms with Crippen LogP contribution >= 0.6 is 11.3 Å². The van der Waals surface area contributed by atoms with E-state index in [1.165, 1.54) is 6.07 Å². The molecule has 0 aliphatic heterocycles.